The van der Waals surface area contributed by atoms with E-state index in [-0.39, 0.29) is 6.61 Å². The maximum Gasteiger partial charge on any atom is 0.367 e. The Morgan fingerprint density at radius 3 is 2.54 bits per heavy atom. The molecule has 8 nitrogen and oxygen atoms in total. The van der Waals surface area contributed by atoms with Gasteiger partial charge in [0, 0.05) is 5.56 Å². The Balaban J connectivity index is 1.87. The van der Waals surface area contributed by atoms with Crippen LogP contribution in [0.25, 0.3) is 0 Å². The van der Waals surface area contributed by atoms with Gasteiger partial charge >= 0.3 is 5.97 Å². The van der Waals surface area contributed by atoms with E-state index in [4.69, 9.17) is 18.9 Å². The normalized spacial score (nSPS) is 38.8. The number of benzene rings is 1. The first-order valence-electron chi connectivity index (χ1n) is 7.57. The highest BCUT2D eigenvalue weighted by molar-refractivity contribution is 5.76. The standard InChI is InChI=1S/C16H20O8/c1-15(2)23-12(16(20,24-15)14(18)19)11-10(17)8-21-13(22-11)9-6-4-3-5-7-9/h3-7,10-13,17,20H,8H2,1-2H3,(H,18,19)/t10-,11+,12-,13?,16-/m0/s1. The predicted molar refractivity (Wildman–Crippen MR) is 78.6 cm³/mol. The lowest BCUT2D eigenvalue weighted by Gasteiger charge is -2.38. The molecule has 1 aromatic rings. The molecular weight excluding hydrogens is 320 g/mol. The summed E-state index contributed by atoms with van der Waals surface area (Å²) in [6.07, 6.45) is -4.56. The summed E-state index contributed by atoms with van der Waals surface area (Å²) in [4.78, 5) is 11.5. The Morgan fingerprint density at radius 1 is 1.25 bits per heavy atom. The van der Waals surface area contributed by atoms with Crippen LogP contribution in [0.4, 0.5) is 0 Å². The van der Waals surface area contributed by atoms with Gasteiger partial charge < -0.3 is 34.3 Å². The molecule has 0 radical (unpaired) electrons. The average molecular weight is 340 g/mol. The molecule has 3 rings (SSSR count). The van der Waals surface area contributed by atoms with E-state index >= 15 is 0 Å². The van der Waals surface area contributed by atoms with Crippen LogP contribution in [-0.2, 0) is 23.7 Å². The fourth-order valence-electron chi connectivity index (χ4n) is 2.91. The van der Waals surface area contributed by atoms with Crippen molar-refractivity contribution in [2.75, 3.05) is 6.61 Å². The molecule has 2 saturated heterocycles. The number of hydrogen-bond acceptors (Lipinski definition) is 7. The number of rotatable bonds is 3. The first-order chi connectivity index (χ1) is 11.2. The number of aliphatic hydroxyl groups excluding tert-OH is 1. The molecule has 2 aliphatic heterocycles. The minimum atomic E-state index is -2.63. The summed E-state index contributed by atoms with van der Waals surface area (Å²) < 4.78 is 21.8. The van der Waals surface area contributed by atoms with E-state index < -0.39 is 42.1 Å². The molecule has 1 aromatic carbocycles. The van der Waals surface area contributed by atoms with Gasteiger partial charge in [0.15, 0.2) is 18.2 Å². The zero-order valence-electron chi connectivity index (χ0n) is 13.3. The summed E-state index contributed by atoms with van der Waals surface area (Å²) in [5.41, 5.74) is 0.700. The third-order valence-electron chi connectivity index (χ3n) is 3.95. The van der Waals surface area contributed by atoms with Gasteiger partial charge in [-0.1, -0.05) is 30.3 Å². The third kappa shape index (κ3) is 3.04. The van der Waals surface area contributed by atoms with E-state index in [1.807, 2.05) is 6.07 Å². The van der Waals surface area contributed by atoms with Crippen LogP contribution in [0.2, 0.25) is 0 Å². The maximum atomic E-state index is 11.5. The lowest BCUT2D eigenvalue weighted by Crippen LogP contribution is -2.58. The van der Waals surface area contributed by atoms with Crippen LogP contribution in [0.5, 0.6) is 0 Å². The average Bonchev–Trinajstić information content (AvgIpc) is 2.79. The molecule has 24 heavy (non-hydrogen) atoms. The van der Waals surface area contributed by atoms with E-state index in [0.717, 1.165) is 0 Å². The van der Waals surface area contributed by atoms with Gasteiger partial charge in [0.2, 0.25) is 0 Å². The summed E-state index contributed by atoms with van der Waals surface area (Å²) in [6, 6.07) is 8.98. The molecule has 5 atom stereocenters. The maximum absolute atomic E-state index is 11.5. The zero-order chi connectivity index (χ0) is 17.5. The van der Waals surface area contributed by atoms with Crippen molar-refractivity contribution in [3.05, 3.63) is 35.9 Å². The van der Waals surface area contributed by atoms with Crippen molar-refractivity contribution >= 4 is 5.97 Å². The molecule has 0 bridgehead atoms. The first-order valence-corrected chi connectivity index (χ1v) is 7.57. The van der Waals surface area contributed by atoms with Crippen molar-refractivity contribution in [3.8, 4) is 0 Å². The van der Waals surface area contributed by atoms with Crippen molar-refractivity contribution < 1.29 is 39.1 Å². The summed E-state index contributed by atoms with van der Waals surface area (Å²) >= 11 is 0. The van der Waals surface area contributed by atoms with E-state index in [1.54, 1.807) is 24.3 Å². The topological polar surface area (TPSA) is 115 Å². The van der Waals surface area contributed by atoms with Crippen molar-refractivity contribution in [3.63, 3.8) is 0 Å². The van der Waals surface area contributed by atoms with E-state index in [0.29, 0.717) is 5.56 Å². The van der Waals surface area contributed by atoms with Gasteiger partial charge in [0.25, 0.3) is 5.79 Å². The molecule has 1 unspecified atom stereocenters. The number of aliphatic hydroxyl groups is 2. The lowest BCUT2D eigenvalue weighted by atomic mass is 9.99. The molecule has 2 heterocycles. The smallest absolute Gasteiger partial charge is 0.367 e. The number of carboxylic acid groups (broad SMARTS) is 1. The van der Waals surface area contributed by atoms with Crippen LogP contribution in [0.3, 0.4) is 0 Å². The quantitative estimate of drug-likeness (QED) is 0.724. The minimum absolute atomic E-state index is 0.0970. The van der Waals surface area contributed by atoms with Gasteiger partial charge in [0.05, 0.1) is 6.61 Å². The number of carboxylic acids is 1. The molecule has 132 valence electrons. The van der Waals surface area contributed by atoms with E-state index in [9.17, 15) is 20.1 Å². The van der Waals surface area contributed by atoms with Crippen LogP contribution in [0.1, 0.15) is 25.7 Å². The highest BCUT2D eigenvalue weighted by Crippen LogP contribution is 2.41. The summed E-state index contributed by atoms with van der Waals surface area (Å²) in [6.45, 7) is 2.85. The van der Waals surface area contributed by atoms with Crippen molar-refractivity contribution in [1.82, 2.24) is 0 Å². The fourth-order valence-corrected chi connectivity index (χ4v) is 2.91. The fraction of sp³-hybridized carbons (Fsp3) is 0.562. The van der Waals surface area contributed by atoms with Crippen molar-refractivity contribution in [2.45, 2.75) is 50.0 Å². The summed E-state index contributed by atoms with van der Waals surface area (Å²) in [7, 11) is 0. The molecule has 0 saturated carbocycles. The molecular formula is C16H20O8. The summed E-state index contributed by atoms with van der Waals surface area (Å²) in [5, 5.41) is 30.0. The second kappa shape index (κ2) is 6.07. The van der Waals surface area contributed by atoms with Crippen LogP contribution in [-0.4, -0.2) is 57.8 Å². The highest BCUT2D eigenvalue weighted by Gasteiger charge is 2.63. The number of hydrogen-bond donors (Lipinski definition) is 3. The minimum Gasteiger partial charge on any atom is -0.477 e. The molecule has 2 aliphatic rings. The highest BCUT2D eigenvalue weighted by atomic mass is 16.8. The lowest BCUT2D eigenvalue weighted by molar-refractivity contribution is -0.294. The zero-order valence-corrected chi connectivity index (χ0v) is 13.3. The van der Waals surface area contributed by atoms with Crippen molar-refractivity contribution in [2.24, 2.45) is 0 Å². The molecule has 0 aromatic heterocycles. The van der Waals surface area contributed by atoms with Crippen LogP contribution in [0.15, 0.2) is 30.3 Å². The van der Waals surface area contributed by atoms with Gasteiger partial charge in [-0.3, -0.25) is 0 Å². The molecule has 2 fully saturated rings. The predicted octanol–water partition coefficient (Wildman–Crippen LogP) is 0.386. The molecule has 0 aliphatic carbocycles. The van der Waals surface area contributed by atoms with Crippen LogP contribution in [0, 0.1) is 0 Å². The van der Waals surface area contributed by atoms with E-state index in [2.05, 4.69) is 0 Å². The van der Waals surface area contributed by atoms with Crippen LogP contribution < -0.4 is 0 Å². The second-order valence-corrected chi connectivity index (χ2v) is 6.29. The molecule has 0 amide bonds. The Morgan fingerprint density at radius 2 is 1.92 bits per heavy atom. The Kier molecular flexibility index (Phi) is 4.37. The van der Waals surface area contributed by atoms with Gasteiger partial charge in [-0.25, -0.2) is 4.79 Å². The summed E-state index contributed by atoms with van der Waals surface area (Å²) in [5.74, 6) is -5.59. The van der Waals surface area contributed by atoms with Gasteiger partial charge in [-0.2, -0.15) is 0 Å². The molecule has 8 heteroatoms. The van der Waals surface area contributed by atoms with Gasteiger partial charge in [0.1, 0.15) is 12.2 Å². The monoisotopic (exact) mass is 340 g/mol. The number of carbonyl (C=O) groups is 1. The first kappa shape index (κ1) is 17.3. The molecule has 3 N–H and O–H groups in total. The third-order valence-corrected chi connectivity index (χ3v) is 3.95. The second-order valence-electron chi connectivity index (χ2n) is 6.29. The molecule has 0 spiro atoms. The number of aliphatic carboxylic acids is 1. The Labute approximate surface area is 138 Å². The largest absolute Gasteiger partial charge is 0.477 e. The van der Waals surface area contributed by atoms with Crippen LogP contribution >= 0.6 is 0 Å². The number of ether oxygens (including phenoxy) is 4. The SMILES string of the molecule is CC1(C)O[C@@H]([C@@H]2OC(c3ccccc3)OC[C@@H]2O)[C@@](O)(C(=O)O)O1. The van der Waals surface area contributed by atoms with Crippen molar-refractivity contribution in [1.29, 1.82) is 0 Å². The van der Waals surface area contributed by atoms with E-state index in [1.165, 1.54) is 13.8 Å². The Hall–Kier alpha value is -1.55. The Bertz CT molecular complexity index is 603. The van der Waals surface area contributed by atoms with Gasteiger partial charge in [-0.05, 0) is 13.8 Å². The van der Waals surface area contributed by atoms with Gasteiger partial charge in [-0.15, -0.1) is 0 Å².